The van der Waals surface area contributed by atoms with E-state index in [1.807, 2.05) is 13.8 Å². The summed E-state index contributed by atoms with van der Waals surface area (Å²) in [5, 5.41) is 0. The van der Waals surface area contributed by atoms with Gasteiger partial charge in [-0.25, -0.2) is 0 Å². The summed E-state index contributed by atoms with van der Waals surface area (Å²) < 4.78 is 0. The SMILES string of the molecule is CCC(C)(C=O)CC(C)(C)N1C(=O)CC(N)C1=O. The molecule has 102 valence electrons. The van der Waals surface area contributed by atoms with Crippen LogP contribution in [0.5, 0.6) is 0 Å². The van der Waals surface area contributed by atoms with Gasteiger partial charge in [-0.2, -0.15) is 0 Å². The molecule has 2 amide bonds. The number of nitrogens with two attached hydrogens (primary N) is 1. The zero-order valence-corrected chi connectivity index (χ0v) is 11.5. The van der Waals surface area contributed by atoms with Crippen molar-refractivity contribution in [2.45, 2.75) is 58.5 Å². The van der Waals surface area contributed by atoms with Crippen LogP contribution in [0.15, 0.2) is 0 Å². The van der Waals surface area contributed by atoms with Gasteiger partial charge in [0.15, 0.2) is 0 Å². The first-order valence-corrected chi connectivity index (χ1v) is 6.26. The number of nitrogens with zero attached hydrogens (tertiary/aromatic N) is 1. The average molecular weight is 254 g/mol. The van der Waals surface area contributed by atoms with Crippen molar-refractivity contribution in [1.29, 1.82) is 0 Å². The Balaban J connectivity index is 2.96. The van der Waals surface area contributed by atoms with Crippen LogP contribution < -0.4 is 5.73 Å². The summed E-state index contributed by atoms with van der Waals surface area (Å²) in [6.07, 6.45) is 2.08. The van der Waals surface area contributed by atoms with Gasteiger partial charge in [0, 0.05) is 11.0 Å². The summed E-state index contributed by atoms with van der Waals surface area (Å²) in [6.45, 7) is 7.37. The monoisotopic (exact) mass is 254 g/mol. The second-order valence-electron chi connectivity index (χ2n) is 5.99. The minimum Gasteiger partial charge on any atom is -0.319 e. The minimum atomic E-state index is -0.735. The zero-order valence-electron chi connectivity index (χ0n) is 11.5. The Bertz CT molecular complexity index is 378. The van der Waals surface area contributed by atoms with Crippen molar-refractivity contribution in [2.24, 2.45) is 11.1 Å². The third-order valence-electron chi connectivity index (χ3n) is 3.72. The van der Waals surface area contributed by atoms with Crippen LogP contribution in [-0.4, -0.2) is 34.6 Å². The molecular formula is C13H22N2O3. The molecule has 18 heavy (non-hydrogen) atoms. The van der Waals surface area contributed by atoms with E-state index in [0.29, 0.717) is 12.8 Å². The van der Waals surface area contributed by atoms with Crippen LogP contribution in [0.25, 0.3) is 0 Å². The van der Waals surface area contributed by atoms with Gasteiger partial charge < -0.3 is 10.5 Å². The van der Waals surface area contributed by atoms with Gasteiger partial charge in [0.2, 0.25) is 11.8 Å². The Labute approximate surface area is 108 Å². The van der Waals surface area contributed by atoms with Crippen molar-refractivity contribution < 1.29 is 14.4 Å². The molecule has 5 heteroatoms. The molecule has 1 heterocycles. The maximum Gasteiger partial charge on any atom is 0.247 e. The van der Waals surface area contributed by atoms with Gasteiger partial charge >= 0.3 is 0 Å². The summed E-state index contributed by atoms with van der Waals surface area (Å²) >= 11 is 0. The molecule has 2 atom stereocenters. The summed E-state index contributed by atoms with van der Waals surface area (Å²) in [5.41, 5.74) is 4.39. The third kappa shape index (κ3) is 2.61. The van der Waals surface area contributed by atoms with E-state index in [1.165, 1.54) is 4.90 Å². The topological polar surface area (TPSA) is 80.5 Å². The van der Waals surface area contributed by atoms with Crippen molar-refractivity contribution in [3.05, 3.63) is 0 Å². The van der Waals surface area contributed by atoms with Crippen molar-refractivity contribution >= 4 is 18.1 Å². The van der Waals surface area contributed by atoms with Crippen LogP contribution in [0.3, 0.4) is 0 Å². The van der Waals surface area contributed by atoms with Gasteiger partial charge in [-0.1, -0.05) is 13.8 Å². The lowest BCUT2D eigenvalue weighted by molar-refractivity contribution is -0.146. The summed E-state index contributed by atoms with van der Waals surface area (Å²) in [4.78, 5) is 36.2. The van der Waals surface area contributed by atoms with Gasteiger partial charge in [0.05, 0.1) is 12.5 Å². The molecule has 0 spiro atoms. The number of carbonyl (C=O) groups excluding carboxylic acids is 3. The molecule has 0 saturated carbocycles. The molecule has 1 rings (SSSR count). The predicted octanol–water partition coefficient (Wildman–Crippen LogP) is 0.857. The molecule has 2 N–H and O–H groups in total. The van der Waals surface area contributed by atoms with Crippen LogP contribution in [0.1, 0.15) is 47.0 Å². The van der Waals surface area contributed by atoms with E-state index >= 15 is 0 Å². The Morgan fingerprint density at radius 2 is 1.94 bits per heavy atom. The minimum absolute atomic E-state index is 0.0617. The summed E-state index contributed by atoms with van der Waals surface area (Å²) in [6, 6.07) is -0.735. The van der Waals surface area contributed by atoms with Crippen LogP contribution in [0.4, 0.5) is 0 Å². The number of imide groups is 1. The highest BCUT2D eigenvalue weighted by Gasteiger charge is 2.46. The third-order valence-corrected chi connectivity index (χ3v) is 3.72. The molecule has 0 radical (unpaired) electrons. The van der Waals surface area contributed by atoms with Crippen LogP contribution >= 0.6 is 0 Å². The lowest BCUT2D eigenvalue weighted by atomic mass is 9.77. The predicted molar refractivity (Wildman–Crippen MR) is 67.6 cm³/mol. The lowest BCUT2D eigenvalue weighted by Gasteiger charge is -2.39. The van der Waals surface area contributed by atoms with E-state index in [2.05, 4.69) is 0 Å². The van der Waals surface area contributed by atoms with Gasteiger partial charge in [0.25, 0.3) is 0 Å². The van der Waals surface area contributed by atoms with E-state index in [4.69, 9.17) is 5.73 Å². The van der Waals surface area contributed by atoms with E-state index in [1.54, 1.807) is 13.8 Å². The number of hydrogen-bond donors (Lipinski definition) is 1. The first-order valence-electron chi connectivity index (χ1n) is 6.26. The van der Waals surface area contributed by atoms with E-state index in [-0.39, 0.29) is 18.2 Å². The quantitative estimate of drug-likeness (QED) is 0.582. The maximum absolute atomic E-state index is 11.9. The number of rotatable bonds is 5. The normalized spacial score (nSPS) is 24.3. The van der Waals surface area contributed by atoms with Crippen molar-refractivity contribution in [2.75, 3.05) is 0 Å². The van der Waals surface area contributed by atoms with Gasteiger partial charge in [0.1, 0.15) is 6.29 Å². The smallest absolute Gasteiger partial charge is 0.247 e. The molecule has 1 fully saturated rings. The summed E-state index contributed by atoms with van der Waals surface area (Å²) in [7, 11) is 0. The first-order chi connectivity index (χ1) is 8.17. The van der Waals surface area contributed by atoms with Crippen LogP contribution in [0, 0.1) is 5.41 Å². The second kappa shape index (κ2) is 4.80. The fourth-order valence-corrected chi connectivity index (χ4v) is 2.61. The Hall–Kier alpha value is -1.23. The van der Waals surface area contributed by atoms with E-state index in [9.17, 15) is 14.4 Å². The molecule has 0 bridgehead atoms. The molecule has 2 unspecified atom stereocenters. The molecule has 5 nitrogen and oxygen atoms in total. The highest BCUT2D eigenvalue weighted by Crippen LogP contribution is 2.35. The second-order valence-corrected chi connectivity index (χ2v) is 5.99. The van der Waals surface area contributed by atoms with Crippen LogP contribution in [-0.2, 0) is 14.4 Å². The highest BCUT2D eigenvalue weighted by atomic mass is 16.2. The molecule has 1 saturated heterocycles. The first kappa shape index (κ1) is 14.8. The number of amides is 2. The molecule has 0 aliphatic carbocycles. The fraction of sp³-hybridized carbons (Fsp3) is 0.769. The van der Waals surface area contributed by atoms with Crippen molar-refractivity contribution in [3.63, 3.8) is 0 Å². The molecule has 0 aromatic carbocycles. The van der Waals surface area contributed by atoms with Crippen molar-refractivity contribution in [1.82, 2.24) is 4.90 Å². The molecule has 1 aliphatic heterocycles. The average Bonchev–Trinajstić information content (AvgIpc) is 2.52. The number of carbonyl (C=O) groups is 3. The highest BCUT2D eigenvalue weighted by molar-refractivity contribution is 6.06. The van der Waals surface area contributed by atoms with Crippen LogP contribution in [0.2, 0.25) is 0 Å². The van der Waals surface area contributed by atoms with Crippen molar-refractivity contribution in [3.8, 4) is 0 Å². The maximum atomic E-state index is 11.9. The van der Waals surface area contributed by atoms with Gasteiger partial charge in [-0.3, -0.25) is 14.5 Å². The zero-order chi connectivity index (χ0) is 14.1. The van der Waals surface area contributed by atoms with E-state index < -0.39 is 17.0 Å². The largest absolute Gasteiger partial charge is 0.319 e. The molecule has 0 aromatic heterocycles. The Morgan fingerprint density at radius 3 is 2.28 bits per heavy atom. The lowest BCUT2D eigenvalue weighted by Crippen LogP contribution is -2.51. The molecule has 0 aromatic rings. The van der Waals surface area contributed by atoms with E-state index in [0.717, 1.165) is 6.29 Å². The Morgan fingerprint density at radius 1 is 1.39 bits per heavy atom. The number of hydrogen-bond acceptors (Lipinski definition) is 4. The fourth-order valence-electron chi connectivity index (χ4n) is 2.61. The molecule has 1 aliphatic rings. The standard InChI is InChI=1S/C13H22N2O3/c1-5-13(4,8-16)7-12(2,3)15-10(17)6-9(14)11(15)18/h8-9H,5-7,14H2,1-4H3. The number of aldehydes is 1. The van der Waals surface area contributed by atoms with Gasteiger partial charge in [-0.15, -0.1) is 0 Å². The summed E-state index contributed by atoms with van der Waals surface area (Å²) in [5.74, 6) is -0.587. The Kier molecular flexibility index (Phi) is 3.96. The number of likely N-dealkylation sites (tertiary alicyclic amines) is 1. The van der Waals surface area contributed by atoms with Gasteiger partial charge in [-0.05, 0) is 26.7 Å². The molecular weight excluding hydrogens is 232 g/mol.